The van der Waals surface area contributed by atoms with Crippen LogP contribution in [0.5, 0.6) is 0 Å². The lowest BCUT2D eigenvalue weighted by molar-refractivity contribution is 0.112. The first-order valence-corrected chi connectivity index (χ1v) is 8.74. The summed E-state index contributed by atoms with van der Waals surface area (Å²) in [6.07, 6.45) is 1.89. The number of carbonyl (C=O) groups excluding carboxylic acids is 1. The van der Waals surface area contributed by atoms with Crippen LogP contribution in [-0.4, -0.2) is 40.0 Å². The highest BCUT2D eigenvalue weighted by molar-refractivity contribution is 7.91. The molecule has 8 heteroatoms. The summed E-state index contributed by atoms with van der Waals surface area (Å²) in [5, 5.41) is 9.56. The number of aldehydes is 1. The number of nitrogens with zero attached hydrogens (tertiary/aromatic N) is 3. The van der Waals surface area contributed by atoms with Crippen molar-refractivity contribution in [3.8, 4) is 6.07 Å². The van der Waals surface area contributed by atoms with E-state index in [1.54, 1.807) is 37.2 Å². The van der Waals surface area contributed by atoms with Gasteiger partial charge in [-0.25, -0.2) is 13.4 Å². The van der Waals surface area contributed by atoms with Gasteiger partial charge in [0.05, 0.1) is 16.1 Å². The van der Waals surface area contributed by atoms with Crippen LogP contribution in [0, 0.1) is 11.3 Å². The van der Waals surface area contributed by atoms with Crippen LogP contribution in [0.4, 0.5) is 5.00 Å². The van der Waals surface area contributed by atoms with Gasteiger partial charge in [-0.3, -0.25) is 4.79 Å². The molecule has 0 amide bonds. The van der Waals surface area contributed by atoms with Crippen LogP contribution in [0.3, 0.4) is 0 Å². The van der Waals surface area contributed by atoms with E-state index in [0.29, 0.717) is 6.29 Å². The zero-order valence-electron chi connectivity index (χ0n) is 12.4. The van der Waals surface area contributed by atoms with Gasteiger partial charge in [0.1, 0.15) is 21.5 Å². The van der Waals surface area contributed by atoms with Crippen molar-refractivity contribution < 1.29 is 13.2 Å². The summed E-state index contributed by atoms with van der Waals surface area (Å²) < 4.78 is 25.6. The third kappa shape index (κ3) is 3.31. The average Bonchev–Trinajstić information content (AvgIpc) is 2.92. The van der Waals surface area contributed by atoms with Gasteiger partial charge in [0.15, 0.2) is 6.29 Å². The molecule has 2 rings (SSSR count). The number of nitriles is 1. The lowest BCUT2D eigenvalue weighted by Gasteiger charge is -2.04. The molecule has 0 saturated carbocycles. The summed E-state index contributed by atoms with van der Waals surface area (Å²) in [4.78, 5) is 16.7. The lowest BCUT2D eigenvalue weighted by atomic mass is 10.3. The van der Waals surface area contributed by atoms with Crippen molar-refractivity contribution in [1.82, 2.24) is 4.90 Å². The molecule has 2 aromatic rings. The quantitative estimate of drug-likeness (QED) is 0.471. The van der Waals surface area contributed by atoms with Crippen LogP contribution in [0.15, 0.2) is 45.1 Å². The fraction of sp³-hybridized carbons (Fsp3) is 0.133. The maximum Gasteiger partial charge on any atom is 0.209 e. The maximum atomic E-state index is 12.8. The molecule has 0 saturated heterocycles. The van der Waals surface area contributed by atoms with Gasteiger partial charge in [0.2, 0.25) is 9.84 Å². The molecule has 0 unspecified atom stereocenters. The van der Waals surface area contributed by atoms with Crippen LogP contribution < -0.4 is 0 Å². The van der Waals surface area contributed by atoms with E-state index in [9.17, 15) is 18.5 Å². The Morgan fingerprint density at radius 3 is 2.43 bits per heavy atom. The minimum Gasteiger partial charge on any atom is -0.369 e. The second-order valence-electron chi connectivity index (χ2n) is 4.73. The molecule has 0 N–H and O–H groups in total. The van der Waals surface area contributed by atoms with E-state index in [1.165, 1.54) is 18.5 Å². The predicted octanol–water partition coefficient (Wildman–Crippen LogP) is 2.49. The molecule has 0 fully saturated rings. The minimum atomic E-state index is -3.97. The van der Waals surface area contributed by atoms with E-state index in [1.807, 2.05) is 6.07 Å². The second kappa shape index (κ2) is 6.73. The summed E-state index contributed by atoms with van der Waals surface area (Å²) in [5.74, 6) is 0. The first-order chi connectivity index (χ1) is 10.9. The van der Waals surface area contributed by atoms with Gasteiger partial charge >= 0.3 is 0 Å². The maximum absolute atomic E-state index is 12.8. The molecule has 0 aliphatic heterocycles. The monoisotopic (exact) mass is 347 g/mol. The Balaban J connectivity index is 2.72. The van der Waals surface area contributed by atoms with Gasteiger partial charge in [-0.1, -0.05) is 18.2 Å². The van der Waals surface area contributed by atoms with Gasteiger partial charge in [0, 0.05) is 14.1 Å². The van der Waals surface area contributed by atoms with Crippen LogP contribution in [0.25, 0.3) is 0 Å². The molecule has 23 heavy (non-hydrogen) atoms. The molecule has 6 nitrogen and oxygen atoms in total. The van der Waals surface area contributed by atoms with Crippen molar-refractivity contribution in [3.05, 3.63) is 40.8 Å². The third-order valence-electron chi connectivity index (χ3n) is 2.82. The molecule has 0 spiro atoms. The molecule has 1 heterocycles. The topological polar surface area (TPSA) is 90.6 Å². The summed E-state index contributed by atoms with van der Waals surface area (Å²) in [5.41, 5.74) is -0.112. The molecular formula is C15H13N3O3S2. The molecule has 0 bridgehead atoms. The van der Waals surface area contributed by atoms with E-state index in [0.717, 1.165) is 11.3 Å². The molecule has 0 aliphatic rings. The van der Waals surface area contributed by atoms with Gasteiger partial charge in [-0.15, -0.1) is 11.3 Å². The summed E-state index contributed by atoms with van der Waals surface area (Å²) in [6, 6.07) is 9.55. The number of hydrogen-bond donors (Lipinski definition) is 0. The zero-order chi connectivity index (χ0) is 17.0. The molecule has 0 aliphatic carbocycles. The first-order valence-electron chi connectivity index (χ1n) is 6.44. The Labute approximate surface area is 138 Å². The first kappa shape index (κ1) is 16.9. The highest BCUT2D eigenvalue weighted by Crippen LogP contribution is 2.39. The Bertz CT molecular complexity index is 892. The number of aliphatic imine (C=N–C) groups is 1. The Kier molecular flexibility index (Phi) is 4.93. The van der Waals surface area contributed by atoms with Crippen LogP contribution in [0.2, 0.25) is 0 Å². The van der Waals surface area contributed by atoms with Crippen molar-refractivity contribution >= 4 is 38.8 Å². The van der Waals surface area contributed by atoms with Crippen LogP contribution in [0.1, 0.15) is 15.2 Å². The van der Waals surface area contributed by atoms with Crippen LogP contribution in [-0.2, 0) is 9.84 Å². The van der Waals surface area contributed by atoms with E-state index >= 15 is 0 Å². The van der Waals surface area contributed by atoms with Gasteiger partial charge < -0.3 is 4.90 Å². The highest BCUT2D eigenvalue weighted by atomic mass is 32.2. The highest BCUT2D eigenvalue weighted by Gasteiger charge is 2.29. The fourth-order valence-electron chi connectivity index (χ4n) is 1.84. The normalized spacial score (nSPS) is 11.3. The van der Waals surface area contributed by atoms with E-state index < -0.39 is 9.84 Å². The fourth-order valence-corrected chi connectivity index (χ4v) is 4.64. The van der Waals surface area contributed by atoms with Crippen molar-refractivity contribution in [1.29, 1.82) is 5.26 Å². The Morgan fingerprint density at radius 2 is 1.91 bits per heavy atom. The Hall–Kier alpha value is -2.50. The smallest absolute Gasteiger partial charge is 0.209 e. The molecule has 0 radical (unpaired) electrons. The third-order valence-corrected chi connectivity index (χ3v) is 5.82. The van der Waals surface area contributed by atoms with Crippen molar-refractivity contribution in [2.75, 3.05) is 14.1 Å². The lowest BCUT2D eigenvalue weighted by Crippen LogP contribution is -2.07. The van der Waals surface area contributed by atoms with Crippen molar-refractivity contribution in [2.24, 2.45) is 4.99 Å². The SMILES string of the molecule is CN(C)/C=N/c1sc(C=O)c(S(=O)(=O)c2ccccc2)c1C#N. The molecule has 0 atom stereocenters. The zero-order valence-corrected chi connectivity index (χ0v) is 14.1. The molecular weight excluding hydrogens is 334 g/mol. The number of carbonyl (C=O) groups is 1. The van der Waals surface area contributed by atoms with Crippen molar-refractivity contribution in [3.63, 3.8) is 0 Å². The number of benzene rings is 1. The molecule has 118 valence electrons. The standard InChI is InChI=1S/C15H13N3O3S2/c1-18(2)10-17-15-12(8-16)14(13(9-19)22-15)23(20,21)11-6-4-3-5-7-11/h3-7,9-10H,1-2H3/b17-10+. The van der Waals surface area contributed by atoms with Crippen LogP contribution >= 0.6 is 11.3 Å². The summed E-state index contributed by atoms with van der Waals surface area (Å²) in [6.45, 7) is 0. The number of thiophene rings is 1. The number of sulfone groups is 1. The van der Waals surface area contributed by atoms with Gasteiger partial charge in [-0.2, -0.15) is 5.26 Å². The van der Waals surface area contributed by atoms with Gasteiger partial charge in [-0.05, 0) is 12.1 Å². The minimum absolute atomic E-state index is 0.0283. The molecule has 1 aromatic carbocycles. The molecule has 1 aromatic heterocycles. The van der Waals surface area contributed by atoms with E-state index in [4.69, 9.17) is 0 Å². The second-order valence-corrected chi connectivity index (χ2v) is 7.65. The largest absolute Gasteiger partial charge is 0.369 e. The van der Waals surface area contributed by atoms with Crippen molar-refractivity contribution in [2.45, 2.75) is 9.79 Å². The van der Waals surface area contributed by atoms with Gasteiger partial charge in [0.25, 0.3) is 0 Å². The number of hydrogen-bond acceptors (Lipinski definition) is 6. The predicted molar refractivity (Wildman–Crippen MR) is 88.2 cm³/mol. The summed E-state index contributed by atoms with van der Waals surface area (Å²) in [7, 11) is -0.490. The summed E-state index contributed by atoms with van der Waals surface area (Å²) >= 11 is 0.880. The van der Waals surface area contributed by atoms with E-state index in [2.05, 4.69) is 4.99 Å². The van der Waals surface area contributed by atoms with E-state index in [-0.39, 0.29) is 25.2 Å². The Morgan fingerprint density at radius 1 is 1.26 bits per heavy atom. The number of rotatable bonds is 5. The average molecular weight is 347 g/mol.